The molecule has 104 valence electrons. The van der Waals surface area contributed by atoms with Gasteiger partial charge < -0.3 is 4.98 Å². The molecule has 0 saturated heterocycles. The number of para-hydroxylation sites is 2. The Morgan fingerprint density at radius 3 is 2.67 bits per heavy atom. The molecule has 0 unspecified atom stereocenters. The number of halogens is 1. The molecule has 0 aliphatic carbocycles. The van der Waals surface area contributed by atoms with Crippen molar-refractivity contribution in [1.29, 1.82) is 0 Å². The largest absolute Gasteiger partial charge is 0.319 e. The Balaban J connectivity index is 2.30. The lowest BCUT2D eigenvalue weighted by Crippen LogP contribution is -2.11. The van der Waals surface area contributed by atoms with E-state index in [0.717, 1.165) is 0 Å². The monoisotopic (exact) mass is 301 g/mol. The van der Waals surface area contributed by atoms with Gasteiger partial charge in [-0.15, -0.1) is 0 Å². The molecule has 2 aromatic carbocycles. The number of fused-ring (bicyclic) bond motifs is 1. The lowest BCUT2D eigenvalue weighted by atomic mass is 10.1. The van der Waals surface area contributed by atoms with E-state index in [2.05, 4.69) is 9.97 Å². The van der Waals surface area contributed by atoms with E-state index in [-0.39, 0.29) is 22.0 Å². The molecule has 0 radical (unpaired) electrons. The van der Waals surface area contributed by atoms with Crippen LogP contribution < -0.4 is 5.56 Å². The molecule has 0 amide bonds. The molecule has 0 spiro atoms. The Morgan fingerprint density at radius 2 is 1.90 bits per heavy atom. The number of hydrogen-bond acceptors (Lipinski definition) is 4. The number of H-pyrrole nitrogens is 1. The summed E-state index contributed by atoms with van der Waals surface area (Å²) in [5, 5.41) is 10.8. The number of aromatic nitrogens is 2. The average Bonchev–Trinajstić information content (AvgIpc) is 2.47. The van der Waals surface area contributed by atoms with Crippen molar-refractivity contribution in [2.24, 2.45) is 0 Å². The number of aromatic amines is 1. The van der Waals surface area contributed by atoms with Crippen LogP contribution in [0, 0.1) is 10.1 Å². The number of nitrogens with zero attached hydrogens (tertiary/aromatic N) is 2. The summed E-state index contributed by atoms with van der Waals surface area (Å²) in [6.45, 7) is 0. The van der Waals surface area contributed by atoms with Gasteiger partial charge in [0.25, 0.3) is 11.2 Å². The van der Waals surface area contributed by atoms with E-state index in [1.165, 1.54) is 18.2 Å². The zero-order valence-corrected chi connectivity index (χ0v) is 11.3. The van der Waals surface area contributed by atoms with Gasteiger partial charge in [-0.05, 0) is 12.1 Å². The first kappa shape index (κ1) is 13.3. The number of hydrogen-bond donors (Lipinski definition) is 1. The number of nitro groups is 1. The molecule has 3 rings (SSSR count). The van der Waals surface area contributed by atoms with E-state index in [1.54, 1.807) is 24.3 Å². The maximum atomic E-state index is 12.1. The third-order valence-corrected chi connectivity index (χ3v) is 3.43. The summed E-state index contributed by atoms with van der Waals surface area (Å²) in [6, 6.07) is 11.3. The van der Waals surface area contributed by atoms with Crippen molar-refractivity contribution < 1.29 is 4.92 Å². The molecule has 0 bridgehead atoms. The lowest BCUT2D eigenvalue weighted by molar-refractivity contribution is -0.384. The Hall–Kier alpha value is -2.73. The van der Waals surface area contributed by atoms with Crippen molar-refractivity contribution in [3.63, 3.8) is 0 Å². The van der Waals surface area contributed by atoms with Gasteiger partial charge in [-0.3, -0.25) is 14.9 Å². The van der Waals surface area contributed by atoms with E-state index in [4.69, 9.17) is 11.6 Å². The predicted molar refractivity (Wildman–Crippen MR) is 79.5 cm³/mol. The molecule has 21 heavy (non-hydrogen) atoms. The highest BCUT2D eigenvalue weighted by atomic mass is 35.5. The molecule has 0 fully saturated rings. The molecule has 0 aliphatic heterocycles. The van der Waals surface area contributed by atoms with Crippen LogP contribution in [0.15, 0.2) is 47.3 Å². The molecular weight excluding hydrogens is 294 g/mol. The minimum Gasteiger partial charge on any atom is -0.319 e. The molecular formula is C14H8ClN3O3. The second-order valence-electron chi connectivity index (χ2n) is 4.33. The summed E-state index contributed by atoms with van der Waals surface area (Å²) in [4.78, 5) is 29.4. The van der Waals surface area contributed by atoms with Gasteiger partial charge in [0.1, 0.15) is 10.7 Å². The van der Waals surface area contributed by atoms with Crippen LogP contribution in [0.1, 0.15) is 0 Å². The third-order valence-electron chi connectivity index (χ3n) is 3.03. The van der Waals surface area contributed by atoms with Gasteiger partial charge >= 0.3 is 0 Å². The highest BCUT2D eigenvalue weighted by Gasteiger charge is 2.19. The van der Waals surface area contributed by atoms with E-state index >= 15 is 0 Å². The average molecular weight is 302 g/mol. The molecule has 0 saturated carbocycles. The fourth-order valence-electron chi connectivity index (χ4n) is 2.06. The van der Waals surface area contributed by atoms with Crippen LogP contribution in [0.2, 0.25) is 5.02 Å². The van der Waals surface area contributed by atoms with Crippen LogP contribution in [0.3, 0.4) is 0 Å². The first-order valence-electron chi connectivity index (χ1n) is 6.00. The van der Waals surface area contributed by atoms with Gasteiger partial charge in [0.15, 0.2) is 0 Å². The highest BCUT2D eigenvalue weighted by Crippen LogP contribution is 2.32. The van der Waals surface area contributed by atoms with Gasteiger partial charge in [-0.1, -0.05) is 35.9 Å². The predicted octanol–water partition coefficient (Wildman–Crippen LogP) is 3.15. The van der Waals surface area contributed by atoms with Gasteiger partial charge in [-0.2, -0.15) is 0 Å². The van der Waals surface area contributed by atoms with Gasteiger partial charge in [-0.25, -0.2) is 4.98 Å². The Labute approximate surface area is 123 Å². The first-order chi connectivity index (χ1) is 10.1. The SMILES string of the molecule is O=c1[nH]c2ccccc2nc1-c1cccc([N+](=O)[O-])c1Cl. The topological polar surface area (TPSA) is 88.9 Å². The van der Waals surface area contributed by atoms with Crippen LogP contribution in [0.5, 0.6) is 0 Å². The van der Waals surface area contributed by atoms with Crippen molar-refractivity contribution in [2.75, 3.05) is 0 Å². The fourth-order valence-corrected chi connectivity index (χ4v) is 2.34. The van der Waals surface area contributed by atoms with Crippen LogP contribution in [0.4, 0.5) is 5.69 Å². The smallest absolute Gasteiger partial charge is 0.288 e. The van der Waals surface area contributed by atoms with Crippen molar-refractivity contribution >= 4 is 28.3 Å². The maximum absolute atomic E-state index is 12.1. The Kier molecular flexibility index (Phi) is 3.15. The number of benzene rings is 2. The minimum absolute atomic E-state index is 0.0578. The summed E-state index contributed by atoms with van der Waals surface area (Å²) in [6.07, 6.45) is 0. The second kappa shape index (κ2) is 4.99. The van der Waals surface area contributed by atoms with Crippen molar-refractivity contribution in [2.45, 2.75) is 0 Å². The molecule has 1 heterocycles. The number of rotatable bonds is 2. The quantitative estimate of drug-likeness (QED) is 0.581. The van der Waals surface area contributed by atoms with Gasteiger partial charge in [0.2, 0.25) is 0 Å². The van der Waals surface area contributed by atoms with E-state index in [9.17, 15) is 14.9 Å². The summed E-state index contributed by atoms with van der Waals surface area (Å²) in [7, 11) is 0. The van der Waals surface area contributed by atoms with Crippen LogP contribution in [-0.2, 0) is 0 Å². The number of nitrogens with one attached hydrogen (secondary N) is 1. The maximum Gasteiger partial charge on any atom is 0.288 e. The lowest BCUT2D eigenvalue weighted by Gasteiger charge is -2.05. The van der Waals surface area contributed by atoms with E-state index in [1.807, 2.05) is 0 Å². The van der Waals surface area contributed by atoms with Crippen molar-refractivity contribution in [3.8, 4) is 11.3 Å². The summed E-state index contributed by atoms with van der Waals surface area (Å²) in [5.41, 5.74) is 0.752. The normalized spacial score (nSPS) is 10.7. The van der Waals surface area contributed by atoms with E-state index < -0.39 is 10.5 Å². The summed E-state index contributed by atoms with van der Waals surface area (Å²) < 4.78 is 0. The van der Waals surface area contributed by atoms with Crippen molar-refractivity contribution in [1.82, 2.24) is 9.97 Å². The molecule has 3 aromatic rings. The first-order valence-corrected chi connectivity index (χ1v) is 6.38. The van der Waals surface area contributed by atoms with Crippen LogP contribution in [0.25, 0.3) is 22.3 Å². The standard InChI is InChI=1S/C14H8ClN3O3/c15-12-8(4-3-7-11(12)18(20)21)13-14(19)17-10-6-2-1-5-9(10)16-13/h1-7H,(H,17,19). The van der Waals surface area contributed by atoms with Gasteiger partial charge in [0, 0.05) is 11.6 Å². The fraction of sp³-hybridized carbons (Fsp3) is 0. The highest BCUT2D eigenvalue weighted by molar-refractivity contribution is 6.35. The van der Waals surface area contributed by atoms with E-state index in [0.29, 0.717) is 11.0 Å². The summed E-state index contributed by atoms with van der Waals surface area (Å²) in [5.74, 6) is 0. The molecule has 0 aliphatic rings. The zero-order valence-electron chi connectivity index (χ0n) is 10.5. The Bertz CT molecular complexity index is 921. The van der Waals surface area contributed by atoms with Crippen LogP contribution >= 0.6 is 11.6 Å². The molecule has 1 aromatic heterocycles. The molecule has 7 heteroatoms. The van der Waals surface area contributed by atoms with Crippen LogP contribution in [-0.4, -0.2) is 14.9 Å². The zero-order chi connectivity index (χ0) is 15.0. The molecule has 6 nitrogen and oxygen atoms in total. The van der Waals surface area contributed by atoms with Gasteiger partial charge in [0.05, 0.1) is 16.0 Å². The minimum atomic E-state index is -0.596. The number of nitro benzene ring substituents is 1. The second-order valence-corrected chi connectivity index (χ2v) is 4.71. The Morgan fingerprint density at radius 1 is 1.14 bits per heavy atom. The van der Waals surface area contributed by atoms with Crippen molar-refractivity contribution in [3.05, 3.63) is 68.0 Å². The third kappa shape index (κ3) is 2.25. The summed E-state index contributed by atoms with van der Waals surface area (Å²) >= 11 is 6.03. The molecule has 1 N–H and O–H groups in total. The molecule has 0 atom stereocenters.